The monoisotopic (exact) mass is 738 g/mol. The minimum Gasteiger partial charge on any atom is -0.309 e. The molecule has 9 aromatic carbocycles. The lowest BCUT2D eigenvalue weighted by Crippen LogP contribution is -1.98. The van der Waals surface area contributed by atoms with Crippen LogP contribution in [-0.4, -0.2) is 18.3 Å². The largest absolute Gasteiger partial charge is 0.309 e. The van der Waals surface area contributed by atoms with Crippen LogP contribution < -0.4 is 0 Å². The van der Waals surface area contributed by atoms with Crippen molar-refractivity contribution in [2.45, 2.75) is 0 Å². The van der Waals surface area contributed by atoms with E-state index in [2.05, 4.69) is 225 Å². The van der Waals surface area contributed by atoms with Gasteiger partial charge < -0.3 is 18.3 Å². The van der Waals surface area contributed by atoms with E-state index in [1.54, 1.807) is 0 Å². The lowest BCUT2D eigenvalue weighted by atomic mass is 10.1. The molecule has 0 saturated heterocycles. The van der Waals surface area contributed by atoms with E-state index in [9.17, 15) is 0 Å². The van der Waals surface area contributed by atoms with Crippen molar-refractivity contribution in [2.75, 3.05) is 0 Å². The zero-order valence-corrected chi connectivity index (χ0v) is 31.4. The van der Waals surface area contributed by atoms with Crippen molar-refractivity contribution in [3.8, 4) is 22.7 Å². The van der Waals surface area contributed by atoms with Gasteiger partial charge in [-0.15, -0.1) is 0 Å². The molecule has 58 heavy (non-hydrogen) atoms. The van der Waals surface area contributed by atoms with E-state index >= 15 is 0 Å². The zero-order valence-electron chi connectivity index (χ0n) is 31.4. The van der Waals surface area contributed by atoms with Crippen molar-refractivity contribution in [1.29, 1.82) is 0 Å². The molecule has 0 saturated carbocycles. The fraction of sp³-hybridized carbons (Fsp3) is 0. The molecule has 4 heterocycles. The molecule has 0 aliphatic heterocycles. The maximum Gasteiger partial charge on any atom is 0.0562 e. The summed E-state index contributed by atoms with van der Waals surface area (Å²) in [4.78, 5) is 0. The molecule has 13 aromatic rings. The van der Waals surface area contributed by atoms with Crippen molar-refractivity contribution >= 4 is 87.2 Å². The molecule has 0 unspecified atom stereocenters. The van der Waals surface area contributed by atoms with Crippen LogP contribution in [0.25, 0.3) is 110 Å². The zero-order chi connectivity index (χ0) is 37.9. The number of para-hydroxylation sites is 6. The minimum absolute atomic E-state index is 1.13. The van der Waals surface area contributed by atoms with Crippen molar-refractivity contribution in [3.63, 3.8) is 0 Å². The molecule has 4 nitrogen and oxygen atoms in total. The molecule has 0 bridgehead atoms. The summed E-state index contributed by atoms with van der Waals surface area (Å²) in [6.07, 6.45) is 0. The Morgan fingerprint density at radius 3 is 0.707 bits per heavy atom. The molecule has 0 radical (unpaired) electrons. The number of hydrogen-bond donors (Lipinski definition) is 0. The average molecular weight is 739 g/mol. The Balaban J connectivity index is 1.05. The smallest absolute Gasteiger partial charge is 0.0562 e. The van der Waals surface area contributed by atoms with Crippen LogP contribution in [0.1, 0.15) is 0 Å². The predicted molar refractivity (Wildman–Crippen MR) is 244 cm³/mol. The van der Waals surface area contributed by atoms with E-state index < -0.39 is 0 Å². The molecule has 0 aliphatic carbocycles. The quantitative estimate of drug-likeness (QED) is 0.171. The van der Waals surface area contributed by atoms with Gasteiger partial charge >= 0.3 is 0 Å². The highest BCUT2D eigenvalue weighted by molar-refractivity contribution is 6.20. The van der Waals surface area contributed by atoms with Crippen LogP contribution in [0.2, 0.25) is 0 Å². The minimum atomic E-state index is 1.13. The Bertz CT molecular complexity index is 3520. The van der Waals surface area contributed by atoms with Gasteiger partial charge in [-0.25, -0.2) is 0 Å². The van der Waals surface area contributed by atoms with E-state index in [0.29, 0.717) is 0 Å². The number of fused-ring (bicyclic) bond motifs is 12. The molecular formula is C54H34N4. The highest BCUT2D eigenvalue weighted by Crippen LogP contribution is 2.42. The van der Waals surface area contributed by atoms with Gasteiger partial charge in [-0.05, 0) is 97.1 Å². The van der Waals surface area contributed by atoms with E-state index in [4.69, 9.17) is 0 Å². The van der Waals surface area contributed by atoms with Gasteiger partial charge in [0.15, 0.2) is 0 Å². The lowest BCUT2D eigenvalue weighted by molar-refractivity contribution is 1.14. The number of benzene rings is 9. The molecule has 0 spiro atoms. The van der Waals surface area contributed by atoms with Crippen LogP contribution in [0.4, 0.5) is 0 Å². The molecule has 4 aromatic heterocycles. The number of hydrogen-bond acceptors (Lipinski definition) is 0. The molecule has 13 rings (SSSR count). The Morgan fingerprint density at radius 2 is 0.414 bits per heavy atom. The van der Waals surface area contributed by atoms with Gasteiger partial charge in [0.25, 0.3) is 0 Å². The van der Waals surface area contributed by atoms with Gasteiger partial charge in [-0.1, -0.05) is 109 Å². The Hall–Kier alpha value is -7.82. The molecule has 0 N–H and O–H groups in total. The van der Waals surface area contributed by atoms with Gasteiger partial charge in [0.1, 0.15) is 0 Å². The third-order valence-electron chi connectivity index (χ3n) is 12.3. The van der Waals surface area contributed by atoms with Crippen LogP contribution in [0.3, 0.4) is 0 Å². The average Bonchev–Trinajstić information content (AvgIpc) is 4.00. The lowest BCUT2D eigenvalue weighted by Gasteiger charge is -2.13. The highest BCUT2D eigenvalue weighted by atomic mass is 15.0. The summed E-state index contributed by atoms with van der Waals surface area (Å²) < 4.78 is 9.69. The predicted octanol–water partition coefficient (Wildman–Crippen LogP) is 14.1. The second kappa shape index (κ2) is 11.8. The van der Waals surface area contributed by atoms with Crippen molar-refractivity contribution < 1.29 is 0 Å². The standard InChI is InChI=1S/C54H34N4/c1-3-15-35(16-4-1)55-47-23-11-7-19-39(47)43-31-45-41-21-9-13-25-49(41)57(53(45)33-51(43)55)37-27-29-38(30-28-37)58-50-26-14-10-22-42(50)46-32-44-40-20-8-12-24-48(40)56(52(44)34-54(46)58)36-17-5-2-6-18-36/h1-34H. The van der Waals surface area contributed by atoms with Gasteiger partial charge in [-0.3, -0.25) is 0 Å². The van der Waals surface area contributed by atoms with Crippen molar-refractivity contribution in [2.24, 2.45) is 0 Å². The number of rotatable bonds is 4. The van der Waals surface area contributed by atoms with Gasteiger partial charge in [0.05, 0.1) is 44.1 Å². The van der Waals surface area contributed by atoms with Crippen LogP contribution in [0, 0.1) is 0 Å². The molecule has 4 heteroatoms. The first-order chi connectivity index (χ1) is 28.8. The molecule has 0 atom stereocenters. The summed E-state index contributed by atoms with van der Waals surface area (Å²) in [6, 6.07) is 75.4. The summed E-state index contributed by atoms with van der Waals surface area (Å²) in [6.45, 7) is 0. The van der Waals surface area contributed by atoms with Crippen molar-refractivity contribution in [1.82, 2.24) is 18.3 Å². The summed E-state index contributed by atoms with van der Waals surface area (Å²) in [5.74, 6) is 0. The van der Waals surface area contributed by atoms with Crippen LogP contribution in [0.15, 0.2) is 206 Å². The number of aromatic nitrogens is 4. The molecule has 270 valence electrons. The van der Waals surface area contributed by atoms with E-state index in [0.717, 1.165) is 22.7 Å². The maximum absolute atomic E-state index is 2.44. The second-order valence-electron chi connectivity index (χ2n) is 15.4. The first kappa shape index (κ1) is 31.4. The second-order valence-corrected chi connectivity index (χ2v) is 15.4. The third kappa shape index (κ3) is 4.29. The van der Waals surface area contributed by atoms with Gasteiger partial charge in [0, 0.05) is 65.8 Å². The number of nitrogens with zero attached hydrogens (tertiary/aromatic N) is 4. The Morgan fingerprint density at radius 1 is 0.172 bits per heavy atom. The fourth-order valence-electron chi connectivity index (χ4n) is 9.88. The summed E-state index contributed by atoms with van der Waals surface area (Å²) in [5, 5.41) is 10.1. The van der Waals surface area contributed by atoms with Crippen molar-refractivity contribution in [3.05, 3.63) is 206 Å². The first-order valence-corrected chi connectivity index (χ1v) is 19.9. The van der Waals surface area contributed by atoms with E-state index in [1.807, 2.05) is 0 Å². The Kier molecular flexibility index (Phi) is 6.41. The molecule has 0 amide bonds. The van der Waals surface area contributed by atoms with Gasteiger partial charge in [0.2, 0.25) is 0 Å². The topological polar surface area (TPSA) is 19.7 Å². The fourth-order valence-corrected chi connectivity index (χ4v) is 9.88. The molecule has 0 fully saturated rings. The van der Waals surface area contributed by atoms with Crippen LogP contribution in [0.5, 0.6) is 0 Å². The van der Waals surface area contributed by atoms with Crippen LogP contribution in [-0.2, 0) is 0 Å². The van der Waals surface area contributed by atoms with E-state index in [-0.39, 0.29) is 0 Å². The van der Waals surface area contributed by atoms with E-state index in [1.165, 1.54) is 87.2 Å². The SMILES string of the molecule is c1ccc(-n2c3ccccc3c3cc4c5ccccc5n(-c5ccc(-n6c7ccccc7c7cc8c9ccccc9n(-c9ccccc9)c8cc76)cc5)c4cc32)cc1. The maximum atomic E-state index is 2.44. The summed E-state index contributed by atoms with van der Waals surface area (Å²) >= 11 is 0. The first-order valence-electron chi connectivity index (χ1n) is 19.9. The summed E-state index contributed by atoms with van der Waals surface area (Å²) in [5.41, 5.74) is 14.2. The van der Waals surface area contributed by atoms with Gasteiger partial charge in [-0.2, -0.15) is 0 Å². The summed E-state index contributed by atoms with van der Waals surface area (Å²) in [7, 11) is 0. The highest BCUT2D eigenvalue weighted by Gasteiger charge is 2.21. The third-order valence-corrected chi connectivity index (χ3v) is 12.3. The Labute approximate surface area is 333 Å². The molecule has 0 aliphatic rings. The molecular weight excluding hydrogens is 705 g/mol. The van der Waals surface area contributed by atoms with Crippen LogP contribution >= 0.6 is 0 Å². The normalized spacial score (nSPS) is 12.1.